The second-order valence-electron chi connectivity index (χ2n) is 5.00. The number of aryl methyl sites for hydroxylation is 2. The highest BCUT2D eigenvalue weighted by atomic mass is 16.5. The van der Waals surface area contributed by atoms with Gasteiger partial charge in [-0.25, -0.2) is 0 Å². The van der Waals surface area contributed by atoms with Crippen molar-refractivity contribution in [2.24, 2.45) is 5.73 Å². The van der Waals surface area contributed by atoms with E-state index in [0.29, 0.717) is 6.61 Å². The van der Waals surface area contributed by atoms with Crippen molar-refractivity contribution >= 4 is 0 Å². The van der Waals surface area contributed by atoms with Crippen molar-refractivity contribution in [2.75, 3.05) is 6.61 Å². The van der Waals surface area contributed by atoms with Gasteiger partial charge in [0.2, 0.25) is 0 Å². The highest BCUT2D eigenvalue weighted by Crippen LogP contribution is 2.33. The predicted octanol–water partition coefficient (Wildman–Crippen LogP) is 2.02. The molecule has 19 heavy (non-hydrogen) atoms. The van der Waals surface area contributed by atoms with E-state index in [9.17, 15) is 0 Å². The molecule has 2 N–H and O–H groups in total. The van der Waals surface area contributed by atoms with Crippen LogP contribution in [0.4, 0.5) is 0 Å². The van der Waals surface area contributed by atoms with Gasteiger partial charge in [-0.2, -0.15) is 0 Å². The average molecular weight is 255 g/mol. The Bertz CT molecular complexity index is 625. The number of aromatic nitrogens is 2. The number of benzene rings is 1. The molecule has 0 bridgehead atoms. The molecule has 2 heterocycles. The van der Waals surface area contributed by atoms with Crippen LogP contribution in [0.3, 0.4) is 0 Å². The molecule has 4 heteroatoms. The van der Waals surface area contributed by atoms with E-state index in [2.05, 4.69) is 16.0 Å². The lowest BCUT2D eigenvalue weighted by molar-refractivity contribution is 0.264. The summed E-state index contributed by atoms with van der Waals surface area (Å²) < 4.78 is 5.69. The predicted molar refractivity (Wildman–Crippen MR) is 74.1 cm³/mol. The monoisotopic (exact) mass is 255 g/mol. The maximum Gasteiger partial charge on any atom is 0.123 e. The quantitative estimate of drug-likeness (QED) is 0.847. The molecule has 0 unspecified atom stereocenters. The molecule has 0 saturated carbocycles. The van der Waals surface area contributed by atoms with E-state index in [4.69, 9.17) is 10.5 Å². The number of hydrogen-bond donors (Lipinski definition) is 1. The van der Waals surface area contributed by atoms with Gasteiger partial charge in [-0.05, 0) is 26.3 Å². The summed E-state index contributed by atoms with van der Waals surface area (Å²) in [6, 6.07) is 6.09. The molecule has 1 aromatic heterocycles. The number of nitrogens with two attached hydrogens (primary N) is 1. The number of ether oxygens (including phenoxy) is 1. The zero-order chi connectivity index (χ0) is 13.4. The van der Waals surface area contributed by atoms with Gasteiger partial charge in [0.15, 0.2) is 0 Å². The molecule has 1 aromatic carbocycles. The van der Waals surface area contributed by atoms with E-state index < -0.39 is 0 Å². The molecule has 98 valence electrons. The van der Waals surface area contributed by atoms with Crippen LogP contribution >= 0.6 is 0 Å². The minimum atomic E-state index is 0.0485. The van der Waals surface area contributed by atoms with Crippen LogP contribution < -0.4 is 10.5 Å². The molecule has 1 aliphatic heterocycles. The summed E-state index contributed by atoms with van der Waals surface area (Å²) in [4.78, 5) is 9.01. The van der Waals surface area contributed by atoms with Gasteiger partial charge in [0.05, 0.1) is 17.1 Å². The van der Waals surface area contributed by atoms with Crippen molar-refractivity contribution in [3.8, 4) is 17.0 Å². The maximum absolute atomic E-state index is 6.00. The molecule has 1 atom stereocenters. The van der Waals surface area contributed by atoms with Crippen LogP contribution in [0.15, 0.2) is 24.4 Å². The van der Waals surface area contributed by atoms with Gasteiger partial charge in [-0.15, -0.1) is 0 Å². The van der Waals surface area contributed by atoms with Crippen LogP contribution in [-0.4, -0.2) is 22.6 Å². The fourth-order valence-corrected chi connectivity index (χ4v) is 2.51. The summed E-state index contributed by atoms with van der Waals surface area (Å²) in [5.41, 5.74) is 11.0. The second kappa shape index (κ2) is 4.63. The van der Waals surface area contributed by atoms with Crippen LogP contribution in [0.2, 0.25) is 0 Å². The third-order valence-corrected chi connectivity index (χ3v) is 3.37. The first-order valence-corrected chi connectivity index (χ1v) is 6.46. The van der Waals surface area contributed by atoms with Crippen molar-refractivity contribution in [1.29, 1.82) is 0 Å². The van der Waals surface area contributed by atoms with E-state index in [1.54, 1.807) is 6.20 Å². The highest BCUT2D eigenvalue weighted by Gasteiger charge is 2.21. The lowest BCUT2D eigenvalue weighted by Crippen LogP contribution is -2.34. The Morgan fingerprint density at radius 3 is 2.95 bits per heavy atom. The Hall–Kier alpha value is -1.94. The normalized spacial score (nSPS) is 17.7. The summed E-state index contributed by atoms with van der Waals surface area (Å²) in [6.07, 6.45) is 2.62. The average Bonchev–Trinajstić information content (AvgIpc) is 2.38. The van der Waals surface area contributed by atoms with Gasteiger partial charge in [0, 0.05) is 23.4 Å². The Morgan fingerprint density at radius 2 is 2.16 bits per heavy atom. The lowest BCUT2D eigenvalue weighted by atomic mass is 9.95. The molecule has 0 fully saturated rings. The maximum atomic E-state index is 6.00. The van der Waals surface area contributed by atoms with Gasteiger partial charge in [0.25, 0.3) is 0 Å². The van der Waals surface area contributed by atoms with E-state index in [1.807, 2.05) is 26.0 Å². The fourth-order valence-electron chi connectivity index (χ4n) is 2.51. The number of nitrogens with zero attached hydrogens (tertiary/aromatic N) is 2. The minimum absolute atomic E-state index is 0.0485. The van der Waals surface area contributed by atoms with Gasteiger partial charge in [-0.1, -0.05) is 12.1 Å². The molecular formula is C15H17N3O. The lowest BCUT2D eigenvalue weighted by Gasteiger charge is -2.24. The molecule has 0 amide bonds. The van der Waals surface area contributed by atoms with Gasteiger partial charge < -0.3 is 10.5 Å². The first-order chi connectivity index (χ1) is 9.15. The van der Waals surface area contributed by atoms with Crippen molar-refractivity contribution in [1.82, 2.24) is 9.97 Å². The highest BCUT2D eigenvalue weighted by molar-refractivity contribution is 5.69. The van der Waals surface area contributed by atoms with E-state index in [1.165, 1.54) is 0 Å². The van der Waals surface area contributed by atoms with Crippen molar-refractivity contribution in [3.05, 3.63) is 41.3 Å². The minimum Gasteiger partial charge on any atom is -0.492 e. The summed E-state index contributed by atoms with van der Waals surface area (Å²) >= 11 is 0. The summed E-state index contributed by atoms with van der Waals surface area (Å²) in [6.45, 7) is 4.51. The van der Waals surface area contributed by atoms with Crippen molar-refractivity contribution in [2.45, 2.75) is 26.3 Å². The number of rotatable bonds is 1. The molecule has 1 aliphatic rings. The van der Waals surface area contributed by atoms with Gasteiger partial charge in [-0.3, -0.25) is 9.97 Å². The molecule has 0 radical (unpaired) electrons. The van der Waals surface area contributed by atoms with E-state index >= 15 is 0 Å². The summed E-state index contributed by atoms with van der Waals surface area (Å²) in [5.74, 6) is 0.918. The Labute approximate surface area is 112 Å². The standard InChI is InChI=1S/C15H17N3O/c1-9-7-17-15(10(2)18-9)12-4-3-5-14-13(12)6-11(16)8-19-14/h3-5,7,11H,6,8,16H2,1-2H3/t11-/m0/s1. The van der Waals surface area contributed by atoms with Crippen molar-refractivity contribution in [3.63, 3.8) is 0 Å². The molecule has 4 nitrogen and oxygen atoms in total. The Morgan fingerprint density at radius 1 is 1.32 bits per heavy atom. The first kappa shape index (κ1) is 12.1. The van der Waals surface area contributed by atoms with E-state index in [0.717, 1.165) is 40.4 Å². The molecule has 0 aliphatic carbocycles. The zero-order valence-electron chi connectivity index (χ0n) is 11.2. The first-order valence-electron chi connectivity index (χ1n) is 6.46. The molecule has 3 rings (SSSR count). The third-order valence-electron chi connectivity index (χ3n) is 3.37. The Balaban J connectivity index is 2.15. The SMILES string of the molecule is Cc1cnc(-c2cccc3c2C[C@H](N)CO3)c(C)n1. The van der Waals surface area contributed by atoms with Crippen molar-refractivity contribution < 1.29 is 4.74 Å². The topological polar surface area (TPSA) is 61.0 Å². The Kier molecular flexibility index (Phi) is 2.95. The number of fused-ring (bicyclic) bond motifs is 1. The zero-order valence-corrected chi connectivity index (χ0v) is 11.2. The second-order valence-corrected chi connectivity index (χ2v) is 5.00. The molecular weight excluding hydrogens is 238 g/mol. The van der Waals surface area contributed by atoms with Crippen LogP contribution in [0.25, 0.3) is 11.3 Å². The van der Waals surface area contributed by atoms with E-state index in [-0.39, 0.29) is 6.04 Å². The van der Waals surface area contributed by atoms with Gasteiger partial charge in [0.1, 0.15) is 12.4 Å². The van der Waals surface area contributed by atoms with Crippen LogP contribution in [0.1, 0.15) is 17.0 Å². The van der Waals surface area contributed by atoms with Crippen LogP contribution in [-0.2, 0) is 6.42 Å². The largest absolute Gasteiger partial charge is 0.492 e. The molecule has 0 spiro atoms. The summed E-state index contributed by atoms with van der Waals surface area (Å²) in [5, 5.41) is 0. The third kappa shape index (κ3) is 2.19. The fraction of sp³-hybridized carbons (Fsp3) is 0.333. The van der Waals surface area contributed by atoms with Gasteiger partial charge >= 0.3 is 0 Å². The number of hydrogen-bond acceptors (Lipinski definition) is 4. The smallest absolute Gasteiger partial charge is 0.123 e. The summed E-state index contributed by atoms with van der Waals surface area (Å²) in [7, 11) is 0. The molecule has 0 saturated heterocycles. The van der Waals surface area contributed by atoms with Crippen LogP contribution in [0.5, 0.6) is 5.75 Å². The van der Waals surface area contributed by atoms with Crippen LogP contribution in [0, 0.1) is 13.8 Å². The molecule has 2 aromatic rings.